The number of rotatable bonds is 1. The van der Waals surface area contributed by atoms with Gasteiger partial charge in [-0.1, -0.05) is 6.07 Å². The second kappa shape index (κ2) is 4.80. The highest BCUT2D eigenvalue weighted by Gasteiger charge is 2.32. The molecule has 0 N–H and O–H groups in total. The number of carbonyl (C=O) groups excluding carboxylic acids is 1. The van der Waals surface area contributed by atoms with Gasteiger partial charge < -0.3 is 19.0 Å². The van der Waals surface area contributed by atoms with Crippen molar-refractivity contribution < 1.29 is 13.9 Å². The lowest BCUT2D eigenvalue weighted by atomic mass is 10.1. The maximum atomic E-state index is 12.7. The fourth-order valence-corrected chi connectivity index (χ4v) is 3.18. The third-order valence-electron chi connectivity index (χ3n) is 3.83. The number of hydrogen-bond donors (Lipinski definition) is 0. The fraction of sp³-hybridized carbons (Fsp3) is 0.267. The summed E-state index contributed by atoms with van der Waals surface area (Å²) in [5, 5.41) is 0. The molecule has 2 aliphatic heterocycles. The van der Waals surface area contributed by atoms with Gasteiger partial charge in [-0.15, -0.1) is 0 Å². The van der Waals surface area contributed by atoms with Gasteiger partial charge in [0.15, 0.2) is 10.4 Å². The van der Waals surface area contributed by atoms with Gasteiger partial charge in [0.25, 0.3) is 5.91 Å². The second-order valence-electron chi connectivity index (χ2n) is 5.02. The van der Waals surface area contributed by atoms with Crippen molar-refractivity contribution in [2.45, 2.75) is 0 Å². The minimum Gasteiger partial charge on any atom is -0.489 e. The molecule has 0 unspecified atom stereocenters. The van der Waals surface area contributed by atoms with Crippen molar-refractivity contribution in [3.63, 3.8) is 0 Å². The molecule has 5 nitrogen and oxygen atoms in total. The zero-order valence-corrected chi connectivity index (χ0v) is 12.8. The molecule has 0 spiro atoms. The Hall–Kier alpha value is -1.95. The number of carbonyl (C=O) groups is 1. The molecule has 0 bridgehead atoms. The van der Waals surface area contributed by atoms with Crippen LogP contribution >= 0.6 is 15.9 Å². The number of hydrogen-bond acceptors (Lipinski definition) is 4. The molecule has 4 rings (SSSR count). The summed E-state index contributed by atoms with van der Waals surface area (Å²) in [6, 6.07) is 9.23. The zero-order valence-electron chi connectivity index (χ0n) is 11.2. The monoisotopic (exact) mass is 348 g/mol. The summed E-state index contributed by atoms with van der Waals surface area (Å²) >= 11 is 3.23. The van der Waals surface area contributed by atoms with Gasteiger partial charge in [0, 0.05) is 13.1 Å². The molecule has 0 saturated carbocycles. The lowest BCUT2D eigenvalue weighted by molar-refractivity contribution is 0.0958. The minimum absolute atomic E-state index is 0.126. The smallest absolute Gasteiger partial charge is 0.294 e. The van der Waals surface area contributed by atoms with Crippen LogP contribution < -0.4 is 14.5 Å². The molecule has 108 valence electrons. The van der Waals surface area contributed by atoms with Crippen LogP contribution in [0.2, 0.25) is 0 Å². The predicted octanol–water partition coefficient (Wildman–Crippen LogP) is 2.90. The lowest BCUT2D eigenvalue weighted by Gasteiger charge is -2.40. The van der Waals surface area contributed by atoms with Gasteiger partial charge in [0.05, 0.1) is 12.2 Å². The highest BCUT2D eigenvalue weighted by molar-refractivity contribution is 9.10. The summed E-state index contributed by atoms with van der Waals surface area (Å²) in [7, 11) is 0. The SMILES string of the molecule is O=C(c1ccc(Br)o1)N1CCN2CCOc3cccc1c32. The first-order valence-electron chi connectivity index (χ1n) is 6.82. The number of anilines is 2. The van der Waals surface area contributed by atoms with Gasteiger partial charge in [0.1, 0.15) is 18.0 Å². The highest BCUT2D eigenvalue weighted by atomic mass is 79.9. The molecular formula is C15H13BrN2O3. The Morgan fingerprint density at radius 1 is 1.14 bits per heavy atom. The molecule has 3 heterocycles. The van der Waals surface area contributed by atoms with Crippen LogP contribution in [-0.4, -0.2) is 32.1 Å². The molecule has 2 aliphatic rings. The summed E-state index contributed by atoms with van der Waals surface area (Å²) in [5.41, 5.74) is 1.89. The maximum Gasteiger partial charge on any atom is 0.294 e. The molecule has 21 heavy (non-hydrogen) atoms. The van der Waals surface area contributed by atoms with Crippen LogP contribution in [0.3, 0.4) is 0 Å². The molecule has 0 radical (unpaired) electrons. The van der Waals surface area contributed by atoms with Crippen molar-refractivity contribution in [1.82, 2.24) is 0 Å². The van der Waals surface area contributed by atoms with E-state index in [1.807, 2.05) is 18.2 Å². The molecule has 0 saturated heterocycles. The van der Waals surface area contributed by atoms with E-state index in [0.29, 0.717) is 23.6 Å². The van der Waals surface area contributed by atoms with E-state index in [4.69, 9.17) is 9.15 Å². The van der Waals surface area contributed by atoms with E-state index < -0.39 is 0 Å². The summed E-state index contributed by atoms with van der Waals surface area (Å²) in [5.74, 6) is 1.06. The molecular weight excluding hydrogens is 336 g/mol. The fourth-order valence-electron chi connectivity index (χ4n) is 2.88. The van der Waals surface area contributed by atoms with Crippen LogP contribution in [0.15, 0.2) is 39.4 Å². The van der Waals surface area contributed by atoms with Crippen LogP contribution in [-0.2, 0) is 0 Å². The van der Waals surface area contributed by atoms with E-state index in [-0.39, 0.29) is 5.91 Å². The van der Waals surface area contributed by atoms with Crippen molar-refractivity contribution in [3.05, 3.63) is 40.8 Å². The Morgan fingerprint density at radius 2 is 2.05 bits per heavy atom. The van der Waals surface area contributed by atoms with Crippen LogP contribution in [0.4, 0.5) is 11.4 Å². The third kappa shape index (κ3) is 2.01. The quantitative estimate of drug-likeness (QED) is 0.794. The van der Waals surface area contributed by atoms with E-state index in [1.54, 1.807) is 17.0 Å². The third-order valence-corrected chi connectivity index (χ3v) is 4.25. The Labute approximate surface area is 130 Å². The molecule has 6 heteroatoms. The Bertz CT molecular complexity index is 713. The molecule has 1 aromatic heterocycles. The van der Waals surface area contributed by atoms with Gasteiger partial charge in [-0.25, -0.2) is 0 Å². The Kier molecular flexibility index (Phi) is 2.92. The Balaban J connectivity index is 1.77. The lowest BCUT2D eigenvalue weighted by Crippen LogP contribution is -2.46. The van der Waals surface area contributed by atoms with E-state index in [2.05, 4.69) is 20.8 Å². The van der Waals surface area contributed by atoms with E-state index in [9.17, 15) is 4.79 Å². The van der Waals surface area contributed by atoms with Crippen molar-refractivity contribution in [3.8, 4) is 5.75 Å². The number of nitrogens with zero attached hydrogens (tertiary/aromatic N) is 2. The first-order chi connectivity index (χ1) is 10.2. The highest BCUT2D eigenvalue weighted by Crippen LogP contribution is 2.43. The molecule has 0 atom stereocenters. The van der Waals surface area contributed by atoms with E-state index >= 15 is 0 Å². The van der Waals surface area contributed by atoms with Gasteiger partial charge in [-0.3, -0.25) is 4.79 Å². The van der Waals surface area contributed by atoms with Gasteiger partial charge in [-0.2, -0.15) is 0 Å². The van der Waals surface area contributed by atoms with Crippen molar-refractivity contribution in [1.29, 1.82) is 0 Å². The normalized spacial score (nSPS) is 16.4. The molecule has 0 aliphatic carbocycles. The number of para-hydroxylation sites is 1. The van der Waals surface area contributed by atoms with Crippen LogP contribution in [0, 0.1) is 0 Å². The first kappa shape index (κ1) is 12.8. The molecule has 2 aromatic rings. The second-order valence-corrected chi connectivity index (χ2v) is 5.80. The predicted molar refractivity (Wildman–Crippen MR) is 82.2 cm³/mol. The standard InChI is InChI=1S/C15H13BrN2O3/c16-13-5-4-12(21-13)15(19)18-7-6-17-8-9-20-11-3-1-2-10(18)14(11)17/h1-5H,6-9H2. The molecule has 1 aromatic carbocycles. The van der Waals surface area contributed by atoms with Gasteiger partial charge in [-0.05, 0) is 40.2 Å². The minimum atomic E-state index is -0.126. The summed E-state index contributed by atoms with van der Waals surface area (Å²) in [6.07, 6.45) is 0. The van der Waals surface area contributed by atoms with Crippen molar-refractivity contribution in [2.24, 2.45) is 0 Å². The summed E-state index contributed by atoms with van der Waals surface area (Å²) in [6.45, 7) is 3.00. The van der Waals surface area contributed by atoms with Crippen molar-refractivity contribution >= 4 is 33.2 Å². The summed E-state index contributed by atoms with van der Waals surface area (Å²) in [4.78, 5) is 16.7. The average Bonchev–Trinajstić information content (AvgIpc) is 2.94. The average molecular weight is 349 g/mol. The number of furan rings is 1. The Morgan fingerprint density at radius 3 is 2.86 bits per heavy atom. The van der Waals surface area contributed by atoms with E-state index in [1.165, 1.54) is 0 Å². The topological polar surface area (TPSA) is 45.9 Å². The van der Waals surface area contributed by atoms with Crippen LogP contribution in [0.5, 0.6) is 5.75 Å². The zero-order chi connectivity index (χ0) is 14.4. The van der Waals surface area contributed by atoms with Gasteiger partial charge in [0.2, 0.25) is 0 Å². The number of halogens is 1. The van der Waals surface area contributed by atoms with Gasteiger partial charge >= 0.3 is 0 Å². The molecule has 1 amide bonds. The summed E-state index contributed by atoms with van der Waals surface area (Å²) < 4.78 is 11.6. The maximum absolute atomic E-state index is 12.7. The first-order valence-corrected chi connectivity index (χ1v) is 7.61. The molecule has 0 fully saturated rings. The van der Waals surface area contributed by atoms with E-state index in [0.717, 1.165) is 30.2 Å². The van der Waals surface area contributed by atoms with Crippen LogP contribution in [0.25, 0.3) is 0 Å². The number of amides is 1. The number of benzene rings is 1. The number of ether oxygens (including phenoxy) is 1. The van der Waals surface area contributed by atoms with Crippen molar-refractivity contribution in [2.75, 3.05) is 36.0 Å². The van der Waals surface area contributed by atoms with Crippen LogP contribution in [0.1, 0.15) is 10.6 Å². The largest absolute Gasteiger partial charge is 0.489 e.